The predicted molar refractivity (Wildman–Crippen MR) is 186 cm³/mol. The number of aromatic nitrogens is 2. The van der Waals surface area contributed by atoms with Gasteiger partial charge in [-0.1, -0.05) is 91.0 Å². The Morgan fingerprint density at radius 3 is 2.14 bits per heavy atom. The molecule has 2 unspecified atom stereocenters. The molecular formula is C38H43N7O4. The minimum atomic E-state index is -1.21. The summed E-state index contributed by atoms with van der Waals surface area (Å²) in [4.78, 5) is 46.6. The average Bonchev–Trinajstić information content (AvgIpc) is 3.57. The number of carbonyl (C=O) groups excluding carboxylic acids is 3. The lowest BCUT2D eigenvalue weighted by Crippen LogP contribution is -2.56. The summed E-state index contributed by atoms with van der Waals surface area (Å²) in [6, 6.07) is 29.4. The van der Waals surface area contributed by atoms with E-state index in [2.05, 4.69) is 21.7 Å². The van der Waals surface area contributed by atoms with Gasteiger partial charge in [-0.2, -0.15) is 5.26 Å². The van der Waals surface area contributed by atoms with Gasteiger partial charge in [-0.15, -0.1) is 0 Å². The highest BCUT2D eigenvalue weighted by atomic mass is 16.5. The van der Waals surface area contributed by atoms with Crippen LogP contribution in [0.15, 0.2) is 104 Å². The van der Waals surface area contributed by atoms with E-state index in [4.69, 9.17) is 10.5 Å². The number of hydrogen-bond acceptors (Lipinski definition) is 7. The molecule has 0 spiro atoms. The number of imidazole rings is 1. The number of carbonyl (C=O) groups is 3. The van der Waals surface area contributed by atoms with Crippen molar-refractivity contribution in [2.45, 2.75) is 56.8 Å². The van der Waals surface area contributed by atoms with E-state index in [1.54, 1.807) is 24.6 Å². The Balaban J connectivity index is 1.28. The van der Waals surface area contributed by atoms with Crippen LogP contribution in [0, 0.1) is 17.2 Å². The van der Waals surface area contributed by atoms with E-state index in [0.717, 1.165) is 16.7 Å². The fourth-order valence-electron chi connectivity index (χ4n) is 5.97. The van der Waals surface area contributed by atoms with Gasteiger partial charge >= 0.3 is 0 Å². The minimum absolute atomic E-state index is 0.0960. The zero-order valence-corrected chi connectivity index (χ0v) is 27.9. The number of nitrogens with zero attached hydrogens (tertiary/aromatic N) is 4. The normalized spacial score (nSPS) is 15.4. The number of rotatable bonds is 13. The van der Waals surface area contributed by atoms with Crippen LogP contribution in [0.5, 0.6) is 0 Å². The Morgan fingerprint density at radius 2 is 1.55 bits per heavy atom. The third-order valence-corrected chi connectivity index (χ3v) is 8.72. The Morgan fingerprint density at radius 1 is 0.959 bits per heavy atom. The first-order chi connectivity index (χ1) is 23.6. The molecule has 254 valence electrons. The van der Waals surface area contributed by atoms with Gasteiger partial charge in [-0.05, 0) is 49.3 Å². The van der Waals surface area contributed by atoms with Gasteiger partial charge in [0.15, 0.2) is 5.82 Å². The lowest BCUT2D eigenvalue weighted by atomic mass is 9.81. The topological polar surface area (TPSA) is 155 Å². The number of ether oxygens (including phenoxy) is 1. The summed E-state index contributed by atoms with van der Waals surface area (Å²) < 4.78 is 7.48. The van der Waals surface area contributed by atoms with E-state index >= 15 is 0 Å². The zero-order valence-electron chi connectivity index (χ0n) is 27.9. The van der Waals surface area contributed by atoms with Gasteiger partial charge in [-0.25, -0.2) is 4.98 Å². The van der Waals surface area contributed by atoms with Gasteiger partial charge in [0.05, 0.1) is 37.1 Å². The molecule has 3 aromatic carbocycles. The number of hydrogen-bond donors (Lipinski definition) is 3. The molecule has 0 radical (unpaired) electrons. The van der Waals surface area contributed by atoms with Crippen LogP contribution >= 0.6 is 0 Å². The number of amides is 3. The molecule has 0 aliphatic carbocycles. The van der Waals surface area contributed by atoms with E-state index in [9.17, 15) is 19.6 Å². The van der Waals surface area contributed by atoms with Crippen LogP contribution < -0.4 is 16.4 Å². The van der Waals surface area contributed by atoms with Crippen molar-refractivity contribution in [2.75, 3.05) is 25.0 Å². The standard InChI is InChI=1S/C38H43N7O4/c1-38(2,40)37(48)42-32(25-49-24-27-12-6-3-7-13-27)35(46)43-33-23-45(26-41-33)34(30-16-10-5-11-17-30)36(47)44-20-18-29(19-21-44)31(22-39)28-14-8-4-9-15-28/h3-17,23,26,29,31-32,34H,18-21,24-25,40H2,1-2H3,(H,42,48)(H,43,46)/t31?,32-,34?/m1/s1. The maximum absolute atomic E-state index is 14.2. The second kappa shape index (κ2) is 16.2. The van der Waals surface area contributed by atoms with Crippen molar-refractivity contribution in [2.24, 2.45) is 11.7 Å². The second-order valence-corrected chi connectivity index (χ2v) is 12.9. The Hall–Kier alpha value is -5.31. The fourth-order valence-corrected chi connectivity index (χ4v) is 5.97. The monoisotopic (exact) mass is 661 g/mol. The van der Waals surface area contributed by atoms with E-state index in [-0.39, 0.29) is 36.8 Å². The van der Waals surface area contributed by atoms with Crippen LogP contribution in [0.25, 0.3) is 0 Å². The molecule has 3 atom stereocenters. The van der Waals surface area contributed by atoms with Crippen molar-refractivity contribution in [3.05, 3.63) is 120 Å². The molecule has 11 heteroatoms. The molecule has 49 heavy (non-hydrogen) atoms. The van der Waals surface area contributed by atoms with Crippen molar-refractivity contribution in [1.82, 2.24) is 19.8 Å². The largest absolute Gasteiger partial charge is 0.374 e. The smallest absolute Gasteiger partial charge is 0.250 e. The summed E-state index contributed by atoms with van der Waals surface area (Å²) >= 11 is 0. The summed E-state index contributed by atoms with van der Waals surface area (Å²) in [5.74, 6) is -1.01. The molecule has 4 N–H and O–H groups in total. The van der Waals surface area contributed by atoms with Gasteiger partial charge < -0.3 is 30.6 Å². The van der Waals surface area contributed by atoms with Crippen molar-refractivity contribution in [3.8, 4) is 6.07 Å². The molecule has 2 heterocycles. The quantitative estimate of drug-likeness (QED) is 0.192. The van der Waals surface area contributed by atoms with E-state index < -0.39 is 29.4 Å². The molecule has 5 rings (SSSR count). The second-order valence-electron chi connectivity index (χ2n) is 12.9. The highest BCUT2D eigenvalue weighted by Crippen LogP contribution is 2.33. The lowest BCUT2D eigenvalue weighted by molar-refractivity contribution is -0.135. The number of benzene rings is 3. The molecule has 1 fully saturated rings. The maximum atomic E-state index is 14.2. The van der Waals surface area contributed by atoms with Crippen molar-refractivity contribution in [1.29, 1.82) is 5.26 Å². The van der Waals surface area contributed by atoms with Gasteiger partial charge in [0.1, 0.15) is 12.1 Å². The number of piperidine rings is 1. The summed E-state index contributed by atoms with van der Waals surface area (Å²) in [6.45, 7) is 4.32. The third-order valence-electron chi connectivity index (χ3n) is 8.72. The molecule has 1 aromatic heterocycles. The van der Waals surface area contributed by atoms with E-state index in [1.807, 2.05) is 95.9 Å². The SMILES string of the molecule is CC(C)(N)C(=O)N[C@H](COCc1ccccc1)C(=O)Nc1cn(C(C(=O)N2CCC(C(C#N)c3ccccc3)CC2)c2ccccc2)cn1. The molecule has 0 saturated carbocycles. The summed E-state index contributed by atoms with van der Waals surface area (Å²) in [5.41, 5.74) is 7.47. The van der Waals surface area contributed by atoms with Crippen molar-refractivity contribution in [3.63, 3.8) is 0 Å². The fraction of sp³-hybridized carbons (Fsp3) is 0.342. The summed E-state index contributed by atoms with van der Waals surface area (Å²) in [5, 5.41) is 15.4. The number of anilines is 1. The minimum Gasteiger partial charge on any atom is -0.374 e. The first kappa shape index (κ1) is 35.0. The average molecular weight is 662 g/mol. The van der Waals surface area contributed by atoms with Gasteiger partial charge in [-0.3, -0.25) is 14.4 Å². The Labute approximate surface area is 287 Å². The van der Waals surface area contributed by atoms with E-state index in [0.29, 0.717) is 25.9 Å². The number of nitrogens with one attached hydrogen (secondary N) is 2. The third kappa shape index (κ3) is 9.19. The number of likely N-dealkylation sites (tertiary alicyclic amines) is 1. The maximum Gasteiger partial charge on any atom is 0.250 e. The Bertz CT molecular complexity index is 1720. The van der Waals surface area contributed by atoms with Crippen LogP contribution in [-0.4, -0.2) is 63.4 Å². The first-order valence-corrected chi connectivity index (χ1v) is 16.5. The summed E-state index contributed by atoms with van der Waals surface area (Å²) in [7, 11) is 0. The predicted octanol–water partition coefficient (Wildman–Crippen LogP) is 4.40. The molecule has 1 aliphatic rings. The van der Waals surface area contributed by atoms with Crippen LogP contribution in [0.3, 0.4) is 0 Å². The van der Waals surface area contributed by atoms with Crippen LogP contribution in [-0.2, 0) is 25.7 Å². The highest BCUT2D eigenvalue weighted by Gasteiger charge is 2.34. The van der Waals surface area contributed by atoms with Crippen LogP contribution in [0.4, 0.5) is 5.82 Å². The zero-order chi connectivity index (χ0) is 34.8. The first-order valence-electron chi connectivity index (χ1n) is 16.5. The van der Waals surface area contributed by atoms with Gasteiger partial charge in [0.25, 0.3) is 5.91 Å². The number of nitrogens with two attached hydrogens (primary N) is 1. The summed E-state index contributed by atoms with van der Waals surface area (Å²) in [6.07, 6.45) is 4.55. The molecule has 1 aliphatic heterocycles. The molecular weight excluding hydrogens is 618 g/mol. The Kier molecular flexibility index (Phi) is 11.6. The van der Waals surface area contributed by atoms with Crippen molar-refractivity contribution < 1.29 is 19.1 Å². The van der Waals surface area contributed by atoms with Gasteiger partial charge in [0, 0.05) is 19.3 Å². The lowest BCUT2D eigenvalue weighted by Gasteiger charge is -2.36. The van der Waals surface area contributed by atoms with Crippen molar-refractivity contribution >= 4 is 23.5 Å². The van der Waals surface area contributed by atoms with E-state index in [1.165, 1.54) is 6.33 Å². The number of nitriles is 1. The molecule has 0 bridgehead atoms. The van der Waals surface area contributed by atoms with Crippen LogP contribution in [0.1, 0.15) is 55.3 Å². The molecule has 11 nitrogen and oxygen atoms in total. The molecule has 1 saturated heterocycles. The highest BCUT2D eigenvalue weighted by molar-refractivity contribution is 5.98. The van der Waals surface area contributed by atoms with Crippen LogP contribution in [0.2, 0.25) is 0 Å². The molecule has 3 amide bonds. The molecule has 4 aromatic rings. The van der Waals surface area contributed by atoms with Gasteiger partial charge in [0.2, 0.25) is 11.8 Å².